The Kier molecular flexibility index (Phi) is 5.35. The first-order valence-electron chi connectivity index (χ1n) is 9.83. The second kappa shape index (κ2) is 8.07. The SMILES string of the molecule is Cc1cccc(C(=O)N2CCN(C)C[C@H](Cc3ccc4ncccc4c3)C2)n1. The fourth-order valence-corrected chi connectivity index (χ4v) is 4.01. The van der Waals surface area contributed by atoms with Crippen molar-refractivity contribution < 1.29 is 4.79 Å². The highest BCUT2D eigenvalue weighted by Gasteiger charge is 2.26. The van der Waals surface area contributed by atoms with Crippen molar-refractivity contribution in [1.82, 2.24) is 19.8 Å². The second-order valence-corrected chi connectivity index (χ2v) is 7.78. The van der Waals surface area contributed by atoms with E-state index in [4.69, 9.17) is 0 Å². The van der Waals surface area contributed by atoms with Crippen LogP contribution in [0.1, 0.15) is 21.7 Å². The summed E-state index contributed by atoms with van der Waals surface area (Å²) < 4.78 is 0. The molecule has 0 unspecified atom stereocenters. The molecule has 1 atom stereocenters. The van der Waals surface area contributed by atoms with E-state index >= 15 is 0 Å². The van der Waals surface area contributed by atoms with E-state index in [1.54, 1.807) is 0 Å². The van der Waals surface area contributed by atoms with Gasteiger partial charge in [-0.2, -0.15) is 0 Å². The third-order valence-electron chi connectivity index (χ3n) is 5.39. The number of benzene rings is 1. The van der Waals surface area contributed by atoms with Gasteiger partial charge in [-0.1, -0.05) is 18.2 Å². The zero-order chi connectivity index (χ0) is 19.5. The smallest absolute Gasteiger partial charge is 0.272 e. The number of carbonyl (C=O) groups excluding carboxylic acids is 1. The standard InChI is InChI=1S/C23H26N4O/c1-17-5-3-7-22(25-17)23(28)27-12-11-26(2)15-19(16-27)13-18-8-9-21-20(14-18)6-4-10-24-21/h3-10,14,19H,11-13,15-16H2,1-2H3/t19-/m0/s1. The Balaban J connectivity index is 1.53. The molecule has 0 bridgehead atoms. The summed E-state index contributed by atoms with van der Waals surface area (Å²) in [4.78, 5) is 26.1. The van der Waals surface area contributed by atoms with Gasteiger partial charge in [-0.15, -0.1) is 0 Å². The molecular weight excluding hydrogens is 348 g/mol. The number of fused-ring (bicyclic) bond motifs is 1. The minimum absolute atomic E-state index is 0.0340. The Morgan fingerprint density at radius 1 is 1.11 bits per heavy atom. The summed E-state index contributed by atoms with van der Waals surface area (Å²) in [6.07, 6.45) is 2.77. The maximum atomic E-state index is 13.0. The zero-order valence-electron chi connectivity index (χ0n) is 16.5. The molecule has 1 aromatic carbocycles. The van der Waals surface area contributed by atoms with Gasteiger partial charge in [0.25, 0.3) is 5.91 Å². The van der Waals surface area contributed by atoms with Gasteiger partial charge < -0.3 is 9.80 Å². The summed E-state index contributed by atoms with van der Waals surface area (Å²) in [5, 5.41) is 1.17. The van der Waals surface area contributed by atoms with Crippen LogP contribution < -0.4 is 0 Å². The second-order valence-electron chi connectivity index (χ2n) is 7.78. The van der Waals surface area contributed by atoms with Crippen LogP contribution in [-0.2, 0) is 6.42 Å². The summed E-state index contributed by atoms with van der Waals surface area (Å²) in [5.74, 6) is 0.419. The van der Waals surface area contributed by atoms with Gasteiger partial charge in [-0.3, -0.25) is 9.78 Å². The first kappa shape index (κ1) is 18.6. The molecule has 0 aliphatic carbocycles. The minimum atomic E-state index is 0.0340. The molecule has 5 heteroatoms. The van der Waals surface area contributed by atoms with Crippen LogP contribution in [0.5, 0.6) is 0 Å². The quantitative estimate of drug-likeness (QED) is 0.706. The molecular formula is C23H26N4O. The first-order chi connectivity index (χ1) is 13.6. The number of carbonyl (C=O) groups is 1. The van der Waals surface area contributed by atoms with Gasteiger partial charge in [0.1, 0.15) is 5.69 Å². The molecule has 5 nitrogen and oxygen atoms in total. The minimum Gasteiger partial charge on any atom is -0.336 e. The van der Waals surface area contributed by atoms with Crippen molar-refractivity contribution in [3.63, 3.8) is 0 Å². The van der Waals surface area contributed by atoms with Crippen LogP contribution in [0.2, 0.25) is 0 Å². The maximum absolute atomic E-state index is 13.0. The van der Waals surface area contributed by atoms with E-state index in [2.05, 4.69) is 46.2 Å². The van der Waals surface area contributed by atoms with Gasteiger partial charge in [0, 0.05) is 43.5 Å². The first-order valence-corrected chi connectivity index (χ1v) is 9.83. The van der Waals surface area contributed by atoms with Crippen molar-refractivity contribution in [3.05, 3.63) is 71.7 Å². The molecule has 3 heterocycles. The van der Waals surface area contributed by atoms with E-state index in [1.165, 1.54) is 10.9 Å². The van der Waals surface area contributed by atoms with Crippen LogP contribution in [0, 0.1) is 12.8 Å². The number of nitrogens with zero attached hydrogens (tertiary/aromatic N) is 4. The number of rotatable bonds is 3. The van der Waals surface area contributed by atoms with Gasteiger partial charge in [-0.25, -0.2) is 4.98 Å². The number of aromatic nitrogens is 2. The maximum Gasteiger partial charge on any atom is 0.272 e. The highest BCUT2D eigenvalue weighted by atomic mass is 16.2. The Hall–Kier alpha value is -2.79. The van der Waals surface area contributed by atoms with E-state index in [1.807, 2.05) is 42.3 Å². The fraction of sp³-hybridized carbons (Fsp3) is 0.348. The number of pyridine rings is 2. The lowest BCUT2D eigenvalue weighted by molar-refractivity contribution is 0.0740. The van der Waals surface area contributed by atoms with Gasteiger partial charge in [-0.05, 0) is 62.2 Å². The predicted molar refractivity (Wildman–Crippen MR) is 111 cm³/mol. The molecule has 1 saturated heterocycles. The number of likely N-dealkylation sites (N-methyl/N-ethyl adjacent to an activating group) is 1. The molecule has 1 fully saturated rings. The van der Waals surface area contributed by atoms with Crippen molar-refractivity contribution in [2.24, 2.45) is 5.92 Å². The molecule has 144 valence electrons. The molecule has 0 saturated carbocycles. The summed E-state index contributed by atoms with van der Waals surface area (Å²) >= 11 is 0. The molecule has 0 spiro atoms. The topological polar surface area (TPSA) is 49.3 Å². The lowest BCUT2D eigenvalue weighted by Crippen LogP contribution is -2.37. The molecule has 3 aromatic rings. The van der Waals surface area contributed by atoms with E-state index < -0.39 is 0 Å². The van der Waals surface area contributed by atoms with Gasteiger partial charge >= 0.3 is 0 Å². The molecule has 4 rings (SSSR count). The van der Waals surface area contributed by atoms with E-state index in [0.29, 0.717) is 11.6 Å². The molecule has 28 heavy (non-hydrogen) atoms. The largest absolute Gasteiger partial charge is 0.336 e. The third kappa shape index (κ3) is 4.20. The van der Waals surface area contributed by atoms with Crippen molar-refractivity contribution in [2.75, 3.05) is 33.2 Å². The van der Waals surface area contributed by atoms with Gasteiger partial charge in [0.05, 0.1) is 5.52 Å². The molecule has 0 N–H and O–H groups in total. The Bertz CT molecular complexity index is 987. The summed E-state index contributed by atoms with van der Waals surface area (Å²) in [6, 6.07) is 16.2. The molecule has 1 amide bonds. The Labute approximate surface area is 166 Å². The molecule has 2 aromatic heterocycles. The molecule has 1 aliphatic heterocycles. The average Bonchev–Trinajstić information content (AvgIpc) is 2.88. The van der Waals surface area contributed by atoms with Gasteiger partial charge in [0.15, 0.2) is 0 Å². The highest BCUT2D eigenvalue weighted by Crippen LogP contribution is 2.20. The van der Waals surface area contributed by atoms with Gasteiger partial charge in [0.2, 0.25) is 0 Å². The molecule has 0 radical (unpaired) electrons. The van der Waals surface area contributed by atoms with Crippen LogP contribution in [-0.4, -0.2) is 58.9 Å². The highest BCUT2D eigenvalue weighted by molar-refractivity contribution is 5.92. The predicted octanol–water partition coefficient (Wildman–Crippen LogP) is 3.18. The summed E-state index contributed by atoms with van der Waals surface area (Å²) in [5.41, 5.74) is 3.73. The molecule has 1 aliphatic rings. The van der Waals surface area contributed by atoms with Crippen LogP contribution in [0.4, 0.5) is 0 Å². The van der Waals surface area contributed by atoms with Crippen molar-refractivity contribution in [1.29, 1.82) is 0 Å². The van der Waals surface area contributed by atoms with E-state index in [0.717, 1.165) is 43.8 Å². The Morgan fingerprint density at radius 2 is 2.00 bits per heavy atom. The summed E-state index contributed by atoms with van der Waals surface area (Å²) in [6.45, 7) is 5.28. The third-order valence-corrected chi connectivity index (χ3v) is 5.39. The Morgan fingerprint density at radius 3 is 2.86 bits per heavy atom. The van der Waals surface area contributed by atoms with E-state index in [-0.39, 0.29) is 5.91 Å². The zero-order valence-corrected chi connectivity index (χ0v) is 16.5. The average molecular weight is 374 g/mol. The monoisotopic (exact) mass is 374 g/mol. The van der Waals surface area contributed by atoms with Crippen LogP contribution in [0.3, 0.4) is 0 Å². The number of amides is 1. The lowest BCUT2D eigenvalue weighted by Gasteiger charge is -2.24. The number of aryl methyl sites for hydroxylation is 1. The number of hydrogen-bond donors (Lipinski definition) is 0. The van der Waals surface area contributed by atoms with Crippen molar-refractivity contribution in [2.45, 2.75) is 13.3 Å². The van der Waals surface area contributed by atoms with E-state index in [9.17, 15) is 4.79 Å². The van der Waals surface area contributed by atoms with Crippen LogP contribution in [0.15, 0.2) is 54.7 Å². The number of hydrogen-bond acceptors (Lipinski definition) is 4. The normalized spacial score (nSPS) is 18.2. The van der Waals surface area contributed by atoms with Crippen LogP contribution in [0.25, 0.3) is 10.9 Å². The fourth-order valence-electron chi connectivity index (χ4n) is 4.01. The lowest BCUT2D eigenvalue weighted by atomic mass is 9.97. The summed E-state index contributed by atoms with van der Waals surface area (Å²) in [7, 11) is 2.14. The van der Waals surface area contributed by atoms with Crippen molar-refractivity contribution >= 4 is 16.8 Å². The van der Waals surface area contributed by atoms with Crippen molar-refractivity contribution in [3.8, 4) is 0 Å². The van der Waals surface area contributed by atoms with Crippen LogP contribution >= 0.6 is 0 Å².